The van der Waals surface area contributed by atoms with Crippen molar-refractivity contribution in [2.75, 3.05) is 37.6 Å². The fraction of sp³-hybridized carbons (Fsp3) is 0.333. The Morgan fingerprint density at radius 2 is 1.48 bits per heavy atom. The Hall–Kier alpha value is -1.98. The summed E-state index contributed by atoms with van der Waals surface area (Å²) in [6, 6.07) is 13.8. The van der Waals surface area contributed by atoms with E-state index in [1.807, 2.05) is 23.1 Å². The van der Waals surface area contributed by atoms with Gasteiger partial charge in [-0.15, -0.1) is 0 Å². The average Bonchev–Trinajstić information content (AvgIpc) is 2.56. The predicted molar refractivity (Wildman–Crippen MR) is 86.4 cm³/mol. The molecule has 0 radical (unpaired) electrons. The SMILES string of the molecule is OC(CN1CCN(c2ccccc2)CC1)c1c(F)cccc1F. The minimum absolute atomic E-state index is 0.237. The molecule has 5 heteroatoms. The van der Waals surface area contributed by atoms with Crippen molar-refractivity contribution >= 4 is 5.69 Å². The normalized spacial score (nSPS) is 17.3. The number of anilines is 1. The number of aliphatic hydroxyl groups excluding tert-OH is 1. The quantitative estimate of drug-likeness (QED) is 0.939. The Balaban J connectivity index is 1.58. The van der Waals surface area contributed by atoms with Gasteiger partial charge in [-0.05, 0) is 24.3 Å². The second-order valence-electron chi connectivity index (χ2n) is 5.77. The van der Waals surface area contributed by atoms with E-state index in [9.17, 15) is 13.9 Å². The van der Waals surface area contributed by atoms with E-state index >= 15 is 0 Å². The molecule has 1 aliphatic rings. The summed E-state index contributed by atoms with van der Waals surface area (Å²) in [4.78, 5) is 4.31. The first kappa shape index (κ1) is 15.9. The highest BCUT2D eigenvalue weighted by Gasteiger charge is 2.23. The molecule has 2 aromatic carbocycles. The van der Waals surface area contributed by atoms with E-state index in [0.29, 0.717) is 0 Å². The molecule has 0 aliphatic carbocycles. The third-order valence-electron chi connectivity index (χ3n) is 4.26. The molecule has 3 nitrogen and oxygen atoms in total. The van der Waals surface area contributed by atoms with Crippen molar-refractivity contribution in [2.24, 2.45) is 0 Å². The molecule has 0 amide bonds. The fourth-order valence-corrected chi connectivity index (χ4v) is 2.99. The maximum Gasteiger partial charge on any atom is 0.131 e. The number of hydrogen-bond donors (Lipinski definition) is 1. The van der Waals surface area contributed by atoms with E-state index in [1.54, 1.807) is 0 Å². The van der Waals surface area contributed by atoms with Gasteiger partial charge in [-0.25, -0.2) is 8.78 Å². The summed E-state index contributed by atoms with van der Waals surface area (Å²) in [5, 5.41) is 10.2. The molecule has 0 spiro atoms. The standard InChI is InChI=1S/C18H20F2N2O/c19-15-7-4-8-16(20)18(15)17(23)13-21-9-11-22(12-10-21)14-5-2-1-3-6-14/h1-8,17,23H,9-13H2. The number of rotatable bonds is 4. The van der Waals surface area contributed by atoms with Crippen LogP contribution in [0.3, 0.4) is 0 Å². The Bertz CT molecular complexity index is 622. The van der Waals surface area contributed by atoms with Gasteiger partial charge in [0, 0.05) is 38.4 Å². The number of para-hydroxylation sites is 1. The zero-order valence-corrected chi connectivity index (χ0v) is 12.8. The lowest BCUT2D eigenvalue weighted by Crippen LogP contribution is -2.47. The first-order valence-electron chi connectivity index (χ1n) is 7.79. The molecule has 1 fully saturated rings. The van der Waals surface area contributed by atoms with Crippen molar-refractivity contribution in [1.29, 1.82) is 0 Å². The molecule has 3 rings (SSSR count). The largest absolute Gasteiger partial charge is 0.387 e. The number of hydrogen-bond acceptors (Lipinski definition) is 3. The first-order valence-corrected chi connectivity index (χ1v) is 7.79. The topological polar surface area (TPSA) is 26.7 Å². The van der Waals surface area contributed by atoms with Gasteiger partial charge < -0.3 is 10.0 Å². The van der Waals surface area contributed by atoms with Gasteiger partial charge in [0.25, 0.3) is 0 Å². The molecule has 1 N–H and O–H groups in total. The Morgan fingerprint density at radius 3 is 2.09 bits per heavy atom. The number of aliphatic hydroxyl groups is 1. The Labute approximate surface area is 134 Å². The van der Waals surface area contributed by atoms with Gasteiger partial charge in [-0.3, -0.25) is 4.90 Å². The van der Waals surface area contributed by atoms with E-state index in [-0.39, 0.29) is 12.1 Å². The van der Waals surface area contributed by atoms with Crippen LogP contribution in [-0.4, -0.2) is 42.7 Å². The zero-order chi connectivity index (χ0) is 16.2. The van der Waals surface area contributed by atoms with E-state index in [0.717, 1.165) is 26.2 Å². The van der Waals surface area contributed by atoms with Crippen molar-refractivity contribution in [3.8, 4) is 0 Å². The lowest BCUT2D eigenvalue weighted by molar-refractivity contribution is 0.103. The fourth-order valence-electron chi connectivity index (χ4n) is 2.99. The molecule has 23 heavy (non-hydrogen) atoms. The molecule has 1 atom stereocenters. The maximum absolute atomic E-state index is 13.7. The molecule has 0 aromatic heterocycles. The van der Waals surface area contributed by atoms with E-state index in [2.05, 4.69) is 17.0 Å². The third-order valence-corrected chi connectivity index (χ3v) is 4.26. The maximum atomic E-state index is 13.7. The zero-order valence-electron chi connectivity index (χ0n) is 12.8. The van der Waals surface area contributed by atoms with Crippen molar-refractivity contribution in [3.05, 3.63) is 65.7 Å². The predicted octanol–water partition coefficient (Wildman–Crippen LogP) is 2.82. The van der Waals surface area contributed by atoms with Gasteiger partial charge in [-0.2, -0.15) is 0 Å². The molecule has 1 heterocycles. The average molecular weight is 318 g/mol. The summed E-state index contributed by atoms with van der Waals surface area (Å²) in [5.74, 6) is -1.39. The van der Waals surface area contributed by atoms with E-state index < -0.39 is 17.7 Å². The summed E-state index contributed by atoms with van der Waals surface area (Å²) >= 11 is 0. The second kappa shape index (κ2) is 7.06. The highest BCUT2D eigenvalue weighted by atomic mass is 19.1. The van der Waals surface area contributed by atoms with Crippen LogP contribution in [0.4, 0.5) is 14.5 Å². The lowest BCUT2D eigenvalue weighted by atomic mass is 10.1. The van der Waals surface area contributed by atoms with Crippen molar-refractivity contribution < 1.29 is 13.9 Å². The third kappa shape index (κ3) is 3.68. The molecule has 1 aliphatic heterocycles. The Morgan fingerprint density at radius 1 is 0.870 bits per heavy atom. The summed E-state index contributed by atoms with van der Waals surface area (Å²) in [6.07, 6.45) is -1.15. The number of piperazine rings is 1. The van der Waals surface area contributed by atoms with Gasteiger partial charge in [0.15, 0.2) is 0 Å². The van der Waals surface area contributed by atoms with Crippen LogP contribution in [0.5, 0.6) is 0 Å². The molecule has 1 unspecified atom stereocenters. The van der Waals surface area contributed by atoms with Crippen LogP contribution in [0.1, 0.15) is 11.7 Å². The van der Waals surface area contributed by atoms with Crippen LogP contribution >= 0.6 is 0 Å². The van der Waals surface area contributed by atoms with Crippen molar-refractivity contribution in [3.63, 3.8) is 0 Å². The minimum atomic E-state index is -1.15. The minimum Gasteiger partial charge on any atom is -0.387 e. The number of halogens is 2. The highest BCUT2D eigenvalue weighted by Crippen LogP contribution is 2.22. The van der Waals surface area contributed by atoms with Crippen LogP contribution in [-0.2, 0) is 0 Å². The van der Waals surface area contributed by atoms with Crippen LogP contribution < -0.4 is 4.90 Å². The molecular formula is C18H20F2N2O. The summed E-state index contributed by atoms with van der Waals surface area (Å²) in [7, 11) is 0. The van der Waals surface area contributed by atoms with E-state index in [4.69, 9.17) is 0 Å². The van der Waals surface area contributed by atoms with E-state index in [1.165, 1.54) is 23.9 Å². The number of nitrogens with zero attached hydrogens (tertiary/aromatic N) is 2. The van der Waals surface area contributed by atoms with Gasteiger partial charge in [0.1, 0.15) is 11.6 Å². The van der Waals surface area contributed by atoms with Crippen LogP contribution in [0.25, 0.3) is 0 Å². The monoisotopic (exact) mass is 318 g/mol. The molecular weight excluding hydrogens is 298 g/mol. The highest BCUT2D eigenvalue weighted by molar-refractivity contribution is 5.46. The summed E-state index contributed by atoms with van der Waals surface area (Å²) in [6.45, 7) is 3.40. The first-order chi connectivity index (χ1) is 11.1. The number of β-amino-alcohol motifs (C(OH)–C–C–N with tert-alkyl or cyclic N) is 1. The van der Waals surface area contributed by atoms with Gasteiger partial charge >= 0.3 is 0 Å². The lowest BCUT2D eigenvalue weighted by Gasteiger charge is -2.37. The molecule has 0 bridgehead atoms. The smallest absolute Gasteiger partial charge is 0.131 e. The van der Waals surface area contributed by atoms with Gasteiger partial charge in [-0.1, -0.05) is 24.3 Å². The molecule has 122 valence electrons. The van der Waals surface area contributed by atoms with Crippen molar-refractivity contribution in [1.82, 2.24) is 4.90 Å². The van der Waals surface area contributed by atoms with Crippen LogP contribution in [0.2, 0.25) is 0 Å². The van der Waals surface area contributed by atoms with Crippen molar-refractivity contribution in [2.45, 2.75) is 6.10 Å². The van der Waals surface area contributed by atoms with Gasteiger partial charge in [0.2, 0.25) is 0 Å². The number of benzene rings is 2. The van der Waals surface area contributed by atoms with Crippen LogP contribution in [0, 0.1) is 11.6 Å². The van der Waals surface area contributed by atoms with Crippen LogP contribution in [0.15, 0.2) is 48.5 Å². The Kier molecular flexibility index (Phi) is 4.88. The molecule has 0 saturated carbocycles. The van der Waals surface area contributed by atoms with Gasteiger partial charge in [0.05, 0.1) is 11.7 Å². The summed E-state index contributed by atoms with van der Waals surface area (Å²) in [5.41, 5.74) is 0.936. The summed E-state index contributed by atoms with van der Waals surface area (Å²) < 4.78 is 27.4. The molecule has 1 saturated heterocycles. The second-order valence-corrected chi connectivity index (χ2v) is 5.77. The molecule has 2 aromatic rings.